The molecule has 4 N–H and O–H groups in total. The van der Waals surface area contributed by atoms with Crippen molar-refractivity contribution in [1.82, 2.24) is 10.6 Å². The second-order valence-electron chi connectivity index (χ2n) is 5.43. The molecule has 0 saturated carbocycles. The van der Waals surface area contributed by atoms with E-state index in [1.165, 1.54) is 6.92 Å². The van der Waals surface area contributed by atoms with Crippen LogP contribution in [0.2, 0.25) is 0 Å². The van der Waals surface area contributed by atoms with Gasteiger partial charge in [0, 0.05) is 0 Å². The van der Waals surface area contributed by atoms with E-state index in [-0.39, 0.29) is 12.5 Å². The molecule has 0 aliphatic heterocycles. The number of hydrogen-bond donors (Lipinski definition) is 4. The van der Waals surface area contributed by atoms with Crippen molar-refractivity contribution in [2.24, 2.45) is 5.92 Å². The molecule has 8 heteroatoms. The van der Waals surface area contributed by atoms with E-state index in [1.807, 2.05) is 30.3 Å². The first-order chi connectivity index (χ1) is 10.8. The number of carbonyl (C=O) groups is 2. The minimum Gasteiger partial charge on any atom is -0.445 e. The fourth-order valence-electron chi connectivity index (χ4n) is 1.78. The standard InChI is InChI=1S/C15H23N2O5P/c1-10(2)13(14(18)16-11(3)23(20)21)17-15(19)22-9-12-7-5-4-6-8-12/h4-8,10-11,13,20-21H,9H2,1-3H3,(H,16,18)(H,17,19)/t11?,13-/m0/s1. The Morgan fingerprint density at radius 1 is 1.13 bits per heavy atom. The van der Waals surface area contributed by atoms with E-state index in [2.05, 4.69) is 10.6 Å². The molecule has 1 rings (SSSR count). The lowest BCUT2D eigenvalue weighted by atomic mass is 10.0. The van der Waals surface area contributed by atoms with Crippen molar-refractivity contribution in [3.63, 3.8) is 0 Å². The van der Waals surface area contributed by atoms with Gasteiger partial charge in [0.05, 0.1) is 5.78 Å². The van der Waals surface area contributed by atoms with Crippen LogP contribution in [-0.2, 0) is 16.1 Å². The van der Waals surface area contributed by atoms with Crippen LogP contribution in [0.15, 0.2) is 30.3 Å². The maximum absolute atomic E-state index is 12.1. The number of hydrogen-bond acceptors (Lipinski definition) is 5. The van der Waals surface area contributed by atoms with Crippen LogP contribution >= 0.6 is 8.38 Å². The topological polar surface area (TPSA) is 108 Å². The second kappa shape index (κ2) is 9.45. The molecular formula is C15H23N2O5P. The molecule has 0 bridgehead atoms. The Bertz CT molecular complexity index is 510. The molecule has 0 radical (unpaired) electrons. The zero-order valence-electron chi connectivity index (χ0n) is 13.4. The Labute approximate surface area is 137 Å². The van der Waals surface area contributed by atoms with Gasteiger partial charge in [0.1, 0.15) is 12.6 Å². The summed E-state index contributed by atoms with van der Waals surface area (Å²) in [6.45, 7) is 5.13. The van der Waals surface area contributed by atoms with Crippen molar-refractivity contribution in [2.45, 2.75) is 39.2 Å². The van der Waals surface area contributed by atoms with Crippen LogP contribution in [-0.4, -0.2) is 33.6 Å². The van der Waals surface area contributed by atoms with Crippen molar-refractivity contribution >= 4 is 20.4 Å². The van der Waals surface area contributed by atoms with Gasteiger partial charge < -0.3 is 25.2 Å². The fraction of sp³-hybridized carbons (Fsp3) is 0.467. The smallest absolute Gasteiger partial charge is 0.408 e. The van der Waals surface area contributed by atoms with E-state index in [9.17, 15) is 9.59 Å². The number of nitrogens with one attached hydrogen (secondary N) is 2. The largest absolute Gasteiger partial charge is 0.445 e. The molecule has 0 aromatic heterocycles. The fourth-order valence-corrected chi connectivity index (χ4v) is 2.02. The van der Waals surface area contributed by atoms with E-state index in [0.29, 0.717) is 0 Å². The highest BCUT2D eigenvalue weighted by atomic mass is 31.2. The quantitative estimate of drug-likeness (QED) is 0.564. The molecule has 0 fully saturated rings. The van der Waals surface area contributed by atoms with Crippen LogP contribution in [0, 0.1) is 5.92 Å². The van der Waals surface area contributed by atoms with E-state index < -0.39 is 32.2 Å². The molecule has 128 valence electrons. The van der Waals surface area contributed by atoms with Gasteiger partial charge in [-0.2, -0.15) is 0 Å². The zero-order chi connectivity index (χ0) is 17.4. The lowest BCUT2D eigenvalue weighted by Gasteiger charge is -2.24. The lowest BCUT2D eigenvalue weighted by molar-refractivity contribution is -0.124. The molecule has 23 heavy (non-hydrogen) atoms. The van der Waals surface area contributed by atoms with Gasteiger partial charge in [-0.1, -0.05) is 44.2 Å². The molecular weight excluding hydrogens is 319 g/mol. The first kappa shape index (κ1) is 19.4. The molecule has 0 spiro atoms. The van der Waals surface area contributed by atoms with Crippen molar-refractivity contribution in [2.75, 3.05) is 0 Å². The predicted octanol–water partition coefficient (Wildman–Crippen LogP) is 1.70. The summed E-state index contributed by atoms with van der Waals surface area (Å²) in [6, 6.07) is 8.37. The van der Waals surface area contributed by atoms with E-state index in [0.717, 1.165) is 5.56 Å². The molecule has 0 aliphatic rings. The summed E-state index contributed by atoms with van der Waals surface area (Å²) in [4.78, 5) is 42.1. The molecule has 2 amide bonds. The average molecular weight is 342 g/mol. The van der Waals surface area contributed by atoms with Gasteiger partial charge in [0.25, 0.3) is 0 Å². The van der Waals surface area contributed by atoms with Gasteiger partial charge in [-0.05, 0) is 18.4 Å². The number of rotatable bonds is 7. The normalized spacial score (nSPS) is 13.5. The molecule has 0 saturated heterocycles. The lowest BCUT2D eigenvalue weighted by Crippen LogP contribution is -2.51. The maximum atomic E-state index is 12.1. The molecule has 1 aromatic carbocycles. The molecule has 7 nitrogen and oxygen atoms in total. The second-order valence-corrected chi connectivity index (χ2v) is 6.85. The van der Waals surface area contributed by atoms with Crippen molar-refractivity contribution in [3.8, 4) is 0 Å². The maximum Gasteiger partial charge on any atom is 0.408 e. The minimum atomic E-state index is -2.27. The number of ether oxygens (including phenoxy) is 1. The molecule has 0 aliphatic carbocycles. The van der Waals surface area contributed by atoms with Gasteiger partial charge in [-0.3, -0.25) is 4.79 Å². The third-order valence-corrected chi connectivity index (χ3v) is 3.95. The van der Waals surface area contributed by atoms with Crippen LogP contribution in [0.25, 0.3) is 0 Å². The third-order valence-electron chi connectivity index (χ3n) is 3.13. The van der Waals surface area contributed by atoms with Gasteiger partial charge in [0.2, 0.25) is 5.91 Å². The summed E-state index contributed by atoms with van der Waals surface area (Å²) in [6.07, 6.45) is -0.703. The van der Waals surface area contributed by atoms with Crippen molar-refractivity contribution in [3.05, 3.63) is 35.9 Å². The SMILES string of the molecule is CC(C)[C@H](NC(=O)OCc1ccccc1)C(=O)NC(C)P(O)O. The van der Waals surface area contributed by atoms with Crippen LogP contribution < -0.4 is 10.6 Å². The Morgan fingerprint density at radius 2 is 1.74 bits per heavy atom. The van der Waals surface area contributed by atoms with Gasteiger partial charge in [-0.25, -0.2) is 4.79 Å². The summed E-state index contributed by atoms with van der Waals surface area (Å²) < 4.78 is 5.09. The van der Waals surface area contributed by atoms with E-state index in [1.54, 1.807) is 13.8 Å². The van der Waals surface area contributed by atoms with Crippen LogP contribution in [0.5, 0.6) is 0 Å². The summed E-state index contributed by atoms with van der Waals surface area (Å²) >= 11 is 0. The highest BCUT2D eigenvalue weighted by Gasteiger charge is 2.27. The van der Waals surface area contributed by atoms with Crippen LogP contribution in [0.4, 0.5) is 4.79 Å². The third kappa shape index (κ3) is 6.95. The monoisotopic (exact) mass is 342 g/mol. The molecule has 1 aromatic rings. The highest BCUT2D eigenvalue weighted by Crippen LogP contribution is 2.28. The number of carbonyl (C=O) groups excluding carboxylic acids is 2. The summed E-state index contributed by atoms with van der Waals surface area (Å²) in [5.41, 5.74) is 0.841. The van der Waals surface area contributed by atoms with Crippen molar-refractivity contribution < 1.29 is 24.1 Å². The predicted molar refractivity (Wildman–Crippen MR) is 87.4 cm³/mol. The van der Waals surface area contributed by atoms with E-state index >= 15 is 0 Å². The summed E-state index contributed by atoms with van der Waals surface area (Å²) in [5, 5.41) is 4.96. The van der Waals surface area contributed by atoms with Gasteiger partial charge in [0.15, 0.2) is 8.38 Å². The Morgan fingerprint density at radius 3 is 2.26 bits per heavy atom. The molecule has 2 atom stereocenters. The van der Waals surface area contributed by atoms with E-state index in [4.69, 9.17) is 14.5 Å². The Kier molecular flexibility index (Phi) is 7.95. The summed E-state index contributed by atoms with van der Waals surface area (Å²) in [7, 11) is -2.27. The Hall–Kier alpha value is -1.69. The molecule has 0 heterocycles. The molecule has 1 unspecified atom stereocenters. The highest BCUT2D eigenvalue weighted by molar-refractivity contribution is 7.45. The Balaban J connectivity index is 2.54. The number of alkyl carbamates (subject to hydrolysis) is 1. The zero-order valence-corrected chi connectivity index (χ0v) is 14.3. The first-order valence-corrected chi connectivity index (χ1v) is 8.57. The van der Waals surface area contributed by atoms with Crippen LogP contribution in [0.1, 0.15) is 26.3 Å². The van der Waals surface area contributed by atoms with Crippen LogP contribution in [0.3, 0.4) is 0 Å². The van der Waals surface area contributed by atoms with Gasteiger partial charge >= 0.3 is 6.09 Å². The average Bonchev–Trinajstić information content (AvgIpc) is 2.51. The minimum absolute atomic E-state index is 0.105. The van der Waals surface area contributed by atoms with Crippen molar-refractivity contribution in [1.29, 1.82) is 0 Å². The first-order valence-electron chi connectivity index (χ1n) is 7.25. The number of amides is 2. The summed E-state index contributed by atoms with van der Waals surface area (Å²) in [5.74, 6) is -1.45. The van der Waals surface area contributed by atoms with Gasteiger partial charge in [-0.15, -0.1) is 0 Å². The number of benzene rings is 1.